The summed E-state index contributed by atoms with van der Waals surface area (Å²) >= 11 is 5.10. The molecule has 0 saturated carbocycles. The third-order valence-electron chi connectivity index (χ3n) is 2.00. The largest absolute Gasteiger partial charge is 0.507 e. The summed E-state index contributed by atoms with van der Waals surface area (Å²) in [5.74, 6) is -1.48. The third kappa shape index (κ3) is 1.80. The van der Waals surface area contributed by atoms with E-state index in [2.05, 4.69) is 9.47 Å². The van der Waals surface area contributed by atoms with E-state index in [0.717, 1.165) is 18.2 Å². The van der Waals surface area contributed by atoms with Gasteiger partial charge >= 0.3 is 12.2 Å². The molecule has 3 nitrogen and oxygen atoms in total. The minimum Gasteiger partial charge on any atom is -0.421 e. The molecule has 0 amide bonds. The maximum Gasteiger partial charge on any atom is 0.507 e. The van der Waals surface area contributed by atoms with E-state index in [4.69, 9.17) is 11.6 Å². The van der Waals surface area contributed by atoms with Crippen LogP contribution in [0.3, 0.4) is 0 Å². The first-order valence-electron chi connectivity index (χ1n) is 4.21. The topological polar surface area (TPSA) is 35.5 Å². The Morgan fingerprint density at radius 3 is 2.29 bits per heavy atom. The summed E-state index contributed by atoms with van der Waals surface area (Å²) in [6.07, 6.45) is -9.68. The molecule has 0 bridgehead atoms. The fourth-order valence-electron chi connectivity index (χ4n) is 1.24. The second kappa shape index (κ2) is 3.49. The predicted octanol–water partition coefficient (Wildman–Crippen LogP) is 3.02. The molecule has 1 aliphatic rings. The molecule has 92 valence electrons. The van der Waals surface area contributed by atoms with Crippen LogP contribution in [0.15, 0.2) is 18.2 Å². The van der Waals surface area contributed by atoms with Crippen LogP contribution in [-0.2, 0) is 0 Å². The highest BCUT2D eigenvalue weighted by Crippen LogP contribution is 2.48. The molecule has 0 aliphatic carbocycles. The molecule has 1 aromatic carbocycles. The number of carbonyl (C=O) groups excluding carboxylic acids is 1. The van der Waals surface area contributed by atoms with Gasteiger partial charge in [0.1, 0.15) is 0 Å². The zero-order chi connectivity index (χ0) is 12.8. The van der Waals surface area contributed by atoms with E-state index < -0.39 is 34.5 Å². The van der Waals surface area contributed by atoms with Crippen LogP contribution in [-0.4, -0.2) is 17.5 Å². The van der Waals surface area contributed by atoms with Gasteiger partial charge in [-0.3, -0.25) is 4.79 Å². The van der Waals surface area contributed by atoms with E-state index in [0.29, 0.717) is 0 Å². The Labute approximate surface area is 96.9 Å². The molecule has 0 unspecified atom stereocenters. The highest BCUT2D eigenvalue weighted by Gasteiger charge is 2.66. The smallest absolute Gasteiger partial charge is 0.421 e. The summed E-state index contributed by atoms with van der Waals surface area (Å²) in [6.45, 7) is 0. The molecule has 0 N–H and O–H groups in total. The quantitative estimate of drug-likeness (QED) is 0.581. The Balaban J connectivity index is 2.57. The second-order valence-electron chi connectivity index (χ2n) is 3.14. The van der Waals surface area contributed by atoms with Crippen molar-refractivity contribution in [1.82, 2.24) is 0 Å². The van der Waals surface area contributed by atoms with Gasteiger partial charge in [0.15, 0.2) is 11.5 Å². The molecule has 1 heterocycles. The van der Waals surface area contributed by atoms with Gasteiger partial charge in [0.05, 0.1) is 5.56 Å². The Morgan fingerprint density at radius 1 is 1.12 bits per heavy atom. The van der Waals surface area contributed by atoms with E-state index >= 15 is 0 Å². The van der Waals surface area contributed by atoms with Gasteiger partial charge in [-0.05, 0) is 23.7 Å². The highest BCUT2D eigenvalue weighted by atomic mass is 35.5. The van der Waals surface area contributed by atoms with Crippen molar-refractivity contribution in [2.75, 3.05) is 0 Å². The highest BCUT2D eigenvalue weighted by molar-refractivity contribution is 6.68. The van der Waals surface area contributed by atoms with Crippen molar-refractivity contribution < 1.29 is 31.8 Å². The van der Waals surface area contributed by atoms with Gasteiger partial charge in [0.2, 0.25) is 0 Å². The summed E-state index contributed by atoms with van der Waals surface area (Å²) < 4.78 is 58.9. The average molecular weight is 271 g/mol. The zero-order valence-electron chi connectivity index (χ0n) is 7.85. The standard InChI is InChI=1S/C9H3ClF4O3/c10-7(15)4-2-1-3-5-6(4)17-9(13,14)8(11,12)16-5/h1-3H. The number of benzene rings is 1. The van der Waals surface area contributed by atoms with Crippen LogP contribution in [0.25, 0.3) is 0 Å². The van der Waals surface area contributed by atoms with Gasteiger partial charge in [-0.2, -0.15) is 17.6 Å². The van der Waals surface area contributed by atoms with Crippen LogP contribution in [0.2, 0.25) is 0 Å². The first-order chi connectivity index (χ1) is 7.74. The van der Waals surface area contributed by atoms with Crippen molar-refractivity contribution in [3.8, 4) is 11.5 Å². The molecule has 1 aliphatic heterocycles. The molecule has 0 saturated heterocycles. The molecule has 0 atom stereocenters. The number of ether oxygens (including phenoxy) is 2. The van der Waals surface area contributed by atoms with Crippen molar-refractivity contribution in [3.63, 3.8) is 0 Å². The molecule has 2 rings (SSSR count). The monoisotopic (exact) mass is 270 g/mol. The van der Waals surface area contributed by atoms with Crippen molar-refractivity contribution in [2.24, 2.45) is 0 Å². The molecule has 1 aromatic rings. The summed E-state index contributed by atoms with van der Waals surface area (Å²) in [4.78, 5) is 10.9. The Hall–Kier alpha value is -1.50. The van der Waals surface area contributed by atoms with Gasteiger partial charge in [0, 0.05) is 0 Å². The first-order valence-corrected chi connectivity index (χ1v) is 4.59. The van der Waals surface area contributed by atoms with Crippen LogP contribution in [0.5, 0.6) is 11.5 Å². The molecular formula is C9H3ClF4O3. The molecular weight excluding hydrogens is 268 g/mol. The van der Waals surface area contributed by atoms with Gasteiger partial charge in [-0.25, -0.2) is 0 Å². The van der Waals surface area contributed by atoms with Gasteiger partial charge in [-0.15, -0.1) is 0 Å². The van der Waals surface area contributed by atoms with E-state index in [1.807, 2.05) is 0 Å². The van der Waals surface area contributed by atoms with Crippen LogP contribution >= 0.6 is 11.6 Å². The van der Waals surface area contributed by atoms with Crippen LogP contribution < -0.4 is 9.47 Å². The summed E-state index contributed by atoms with van der Waals surface area (Å²) in [5.41, 5.74) is -0.473. The SMILES string of the molecule is O=C(Cl)c1cccc2c1OC(F)(F)C(F)(F)O2. The van der Waals surface area contributed by atoms with Crippen molar-refractivity contribution >= 4 is 16.8 Å². The lowest BCUT2D eigenvalue weighted by Crippen LogP contribution is -2.52. The maximum atomic E-state index is 12.9. The first kappa shape index (κ1) is 12.0. The van der Waals surface area contributed by atoms with E-state index in [1.165, 1.54) is 0 Å². The number of para-hydroxylation sites is 1. The van der Waals surface area contributed by atoms with Gasteiger partial charge in [0.25, 0.3) is 5.24 Å². The fourth-order valence-corrected chi connectivity index (χ4v) is 1.39. The molecule has 17 heavy (non-hydrogen) atoms. The minimum absolute atomic E-state index is 0.473. The Kier molecular flexibility index (Phi) is 2.46. The van der Waals surface area contributed by atoms with E-state index in [-0.39, 0.29) is 0 Å². The number of halogens is 5. The molecule has 0 fully saturated rings. The lowest BCUT2D eigenvalue weighted by atomic mass is 10.2. The molecule has 0 spiro atoms. The summed E-state index contributed by atoms with van der Waals surface area (Å²) in [6, 6.07) is 3.16. The average Bonchev–Trinajstić information content (AvgIpc) is 2.17. The van der Waals surface area contributed by atoms with Crippen LogP contribution in [0.4, 0.5) is 17.6 Å². The van der Waals surface area contributed by atoms with Gasteiger partial charge < -0.3 is 9.47 Å². The number of rotatable bonds is 1. The van der Waals surface area contributed by atoms with Crippen molar-refractivity contribution in [2.45, 2.75) is 12.2 Å². The number of alkyl halides is 4. The zero-order valence-corrected chi connectivity index (χ0v) is 8.60. The Bertz CT molecular complexity index is 489. The summed E-state index contributed by atoms with van der Waals surface area (Å²) in [7, 11) is 0. The van der Waals surface area contributed by atoms with Crippen LogP contribution in [0, 0.1) is 0 Å². The minimum atomic E-state index is -4.87. The van der Waals surface area contributed by atoms with Crippen molar-refractivity contribution in [3.05, 3.63) is 23.8 Å². The Morgan fingerprint density at radius 2 is 1.71 bits per heavy atom. The van der Waals surface area contributed by atoms with Crippen molar-refractivity contribution in [1.29, 1.82) is 0 Å². The van der Waals surface area contributed by atoms with E-state index in [1.54, 1.807) is 0 Å². The maximum absolute atomic E-state index is 12.9. The predicted molar refractivity (Wildman–Crippen MR) is 47.8 cm³/mol. The number of hydrogen-bond acceptors (Lipinski definition) is 3. The van der Waals surface area contributed by atoms with Crippen LogP contribution in [0.1, 0.15) is 10.4 Å². The molecule has 8 heteroatoms. The normalized spacial score (nSPS) is 19.8. The van der Waals surface area contributed by atoms with E-state index in [9.17, 15) is 22.4 Å². The molecule has 0 radical (unpaired) electrons. The fraction of sp³-hybridized carbons (Fsp3) is 0.222. The molecule has 0 aromatic heterocycles. The van der Waals surface area contributed by atoms with Gasteiger partial charge in [-0.1, -0.05) is 6.07 Å². The third-order valence-corrected chi connectivity index (χ3v) is 2.20. The number of fused-ring (bicyclic) bond motifs is 1. The summed E-state index contributed by atoms with van der Waals surface area (Å²) in [5, 5.41) is -1.12. The number of hydrogen-bond donors (Lipinski definition) is 0. The lowest BCUT2D eigenvalue weighted by Gasteiger charge is -2.32. The second-order valence-corrected chi connectivity index (χ2v) is 3.49. The number of carbonyl (C=O) groups is 1. The lowest BCUT2D eigenvalue weighted by molar-refractivity contribution is -0.391.